The molecule has 0 aliphatic carbocycles. The van der Waals surface area contributed by atoms with Crippen LogP contribution in [0.2, 0.25) is 0 Å². The van der Waals surface area contributed by atoms with Crippen molar-refractivity contribution in [3.63, 3.8) is 0 Å². The largest absolute Gasteiger partial charge is 0.457 e. The number of aromatic nitrogens is 2. The highest BCUT2D eigenvalue weighted by molar-refractivity contribution is 5.89. The summed E-state index contributed by atoms with van der Waals surface area (Å²) in [5.74, 6) is 0.945. The van der Waals surface area contributed by atoms with E-state index in [-0.39, 0.29) is 5.91 Å². The molecule has 0 saturated heterocycles. The first-order valence-electron chi connectivity index (χ1n) is 9.79. The SMILES string of the molecule is O=C(NCc1cccnc1-c1ccncc1)C1c2ccccc2Oc2ccccc21. The molecule has 1 aliphatic heterocycles. The maximum atomic E-state index is 13.3. The van der Waals surface area contributed by atoms with Gasteiger partial charge in [-0.3, -0.25) is 14.8 Å². The van der Waals surface area contributed by atoms with Gasteiger partial charge in [-0.2, -0.15) is 0 Å². The Bertz CT molecular complexity index is 1160. The number of ether oxygens (including phenoxy) is 1. The quantitative estimate of drug-likeness (QED) is 0.546. The molecular weight excluding hydrogens is 374 g/mol. The third kappa shape index (κ3) is 3.31. The second kappa shape index (κ2) is 7.79. The summed E-state index contributed by atoms with van der Waals surface area (Å²) in [6.07, 6.45) is 5.23. The lowest BCUT2D eigenvalue weighted by Gasteiger charge is -2.27. The van der Waals surface area contributed by atoms with Crippen molar-refractivity contribution >= 4 is 5.91 Å². The van der Waals surface area contributed by atoms with Crippen LogP contribution in [0.25, 0.3) is 11.3 Å². The number of benzene rings is 2. The van der Waals surface area contributed by atoms with Crippen LogP contribution in [0.4, 0.5) is 0 Å². The van der Waals surface area contributed by atoms with Crippen molar-refractivity contribution in [2.45, 2.75) is 12.5 Å². The van der Waals surface area contributed by atoms with Gasteiger partial charge in [0.15, 0.2) is 0 Å². The molecule has 2 aromatic carbocycles. The summed E-state index contributed by atoms with van der Waals surface area (Å²) in [6, 6.07) is 23.1. The number of nitrogens with one attached hydrogen (secondary N) is 1. The van der Waals surface area contributed by atoms with Crippen LogP contribution in [0, 0.1) is 0 Å². The Labute approximate surface area is 174 Å². The molecule has 5 nitrogen and oxygen atoms in total. The van der Waals surface area contributed by atoms with Crippen LogP contribution in [0.5, 0.6) is 11.5 Å². The second-order valence-electron chi connectivity index (χ2n) is 7.08. The van der Waals surface area contributed by atoms with Gasteiger partial charge >= 0.3 is 0 Å². The van der Waals surface area contributed by atoms with Crippen molar-refractivity contribution in [1.82, 2.24) is 15.3 Å². The number of carbonyl (C=O) groups excluding carboxylic acids is 1. The zero-order valence-corrected chi connectivity index (χ0v) is 16.2. The molecule has 5 rings (SSSR count). The molecule has 0 saturated carbocycles. The van der Waals surface area contributed by atoms with Crippen LogP contribution in [-0.4, -0.2) is 15.9 Å². The van der Waals surface area contributed by atoms with Gasteiger partial charge in [-0.25, -0.2) is 0 Å². The van der Waals surface area contributed by atoms with Gasteiger partial charge in [0.05, 0.1) is 11.6 Å². The molecule has 0 unspecified atom stereocenters. The number of hydrogen-bond acceptors (Lipinski definition) is 4. The Hall–Kier alpha value is -3.99. The van der Waals surface area contributed by atoms with E-state index in [0.29, 0.717) is 6.54 Å². The fourth-order valence-electron chi connectivity index (χ4n) is 3.83. The fourth-order valence-corrected chi connectivity index (χ4v) is 3.83. The molecule has 30 heavy (non-hydrogen) atoms. The Balaban J connectivity index is 1.44. The first-order chi connectivity index (χ1) is 14.8. The van der Waals surface area contributed by atoms with Crippen molar-refractivity contribution in [2.24, 2.45) is 0 Å². The van der Waals surface area contributed by atoms with Gasteiger partial charge < -0.3 is 10.1 Å². The molecule has 0 spiro atoms. The minimum atomic E-state index is -0.424. The molecule has 3 heterocycles. The van der Waals surface area contributed by atoms with Crippen molar-refractivity contribution in [2.75, 3.05) is 0 Å². The Morgan fingerprint density at radius 2 is 1.50 bits per heavy atom. The maximum absolute atomic E-state index is 13.3. The summed E-state index contributed by atoms with van der Waals surface area (Å²) in [4.78, 5) is 21.9. The average Bonchev–Trinajstić information content (AvgIpc) is 2.81. The fraction of sp³-hybridized carbons (Fsp3) is 0.0800. The molecule has 1 N–H and O–H groups in total. The molecule has 0 atom stereocenters. The number of hydrogen-bond donors (Lipinski definition) is 1. The van der Waals surface area contributed by atoms with E-state index in [1.165, 1.54) is 0 Å². The van der Waals surface area contributed by atoms with Gasteiger partial charge in [-0.05, 0) is 35.9 Å². The van der Waals surface area contributed by atoms with Crippen LogP contribution < -0.4 is 10.1 Å². The average molecular weight is 393 g/mol. The predicted molar refractivity (Wildman–Crippen MR) is 114 cm³/mol. The van der Waals surface area contributed by atoms with E-state index in [1.807, 2.05) is 72.8 Å². The molecule has 146 valence electrons. The number of rotatable bonds is 4. The summed E-state index contributed by atoms with van der Waals surface area (Å²) >= 11 is 0. The minimum Gasteiger partial charge on any atom is -0.457 e. The summed E-state index contributed by atoms with van der Waals surface area (Å²) < 4.78 is 6.00. The van der Waals surface area contributed by atoms with Gasteiger partial charge in [0.25, 0.3) is 0 Å². The number of pyridine rings is 2. The van der Waals surface area contributed by atoms with Gasteiger partial charge in [-0.15, -0.1) is 0 Å². The molecule has 0 radical (unpaired) electrons. The Morgan fingerprint density at radius 1 is 0.833 bits per heavy atom. The number of para-hydroxylation sites is 2. The molecule has 1 aliphatic rings. The first kappa shape index (κ1) is 18.1. The van der Waals surface area contributed by atoms with Gasteiger partial charge in [-0.1, -0.05) is 42.5 Å². The molecule has 1 amide bonds. The van der Waals surface area contributed by atoms with Crippen molar-refractivity contribution in [3.8, 4) is 22.8 Å². The summed E-state index contributed by atoms with van der Waals surface area (Å²) in [6.45, 7) is 0.381. The lowest BCUT2D eigenvalue weighted by molar-refractivity contribution is -0.122. The highest BCUT2D eigenvalue weighted by atomic mass is 16.5. The lowest BCUT2D eigenvalue weighted by Crippen LogP contribution is -2.31. The topological polar surface area (TPSA) is 64.1 Å². The van der Waals surface area contributed by atoms with Crippen LogP contribution >= 0.6 is 0 Å². The van der Waals surface area contributed by atoms with Crippen molar-refractivity contribution in [1.29, 1.82) is 0 Å². The van der Waals surface area contributed by atoms with E-state index >= 15 is 0 Å². The number of nitrogens with zero attached hydrogens (tertiary/aromatic N) is 2. The molecule has 4 aromatic rings. The molecule has 5 heteroatoms. The lowest BCUT2D eigenvalue weighted by atomic mass is 9.87. The number of amides is 1. The highest BCUT2D eigenvalue weighted by Gasteiger charge is 2.32. The zero-order valence-electron chi connectivity index (χ0n) is 16.2. The van der Waals surface area contributed by atoms with Crippen molar-refractivity contribution < 1.29 is 9.53 Å². The Kier molecular flexibility index (Phi) is 4.69. The summed E-state index contributed by atoms with van der Waals surface area (Å²) in [7, 11) is 0. The summed E-state index contributed by atoms with van der Waals surface area (Å²) in [5.41, 5.74) is 4.50. The van der Waals surface area contributed by atoms with Crippen molar-refractivity contribution in [3.05, 3.63) is 108 Å². The van der Waals surface area contributed by atoms with Crippen LogP contribution in [0.3, 0.4) is 0 Å². The van der Waals surface area contributed by atoms with E-state index in [0.717, 1.165) is 39.4 Å². The third-order valence-corrected chi connectivity index (χ3v) is 5.24. The van der Waals surface area contributed by atoms with E-state index in [9.17, 15) is 4.79 Å². The number of fused-ring (bicyclic) bond motifs is 2. The molecule has 0 bridgehead atoms. The van der Waals surface area contributed by atoms with E-state index in [1.54, 1.807) is 18.6 Å². The van der Waals surface area contributed by atoms with Gasteiger partial charge in [0, 0.05) is 41.8 Å². The van der Waals surface area contributed by atoms with E-state index in [4.69, 9.17) is 4.74 Å². The van der Waals surface area contributed by atoms with Crippen LogP contribution in [-0.2, 0) is 11.3 Å². The smallest absolute Gasteiger partial charge is 0.232 e. The van der Waals surface area contributed by atoms with Gasteiger partial charge in [0.1, 0.15) is 11.5 Å². The predicted octanol–water partition coefficient (Wildman–Crippen LogP) is 4.70. The standard InChI is InChI=1S/C25H19N3O2/c29-25(28-16-18-6-5-13-27-24(18)17-11-14-26-15-12-17)23-19-7-1-3-9-21(19)30-22-10-4-2-8-20(22)23/h1-15,23H,16H2,(H,28,29). The van der Waals surface area contributed by atoms with Crippen LogP contribution in [0.15, 0.2) is 91.4 Å². The Morgan fingerprint density at radius 3 is 2.20 bits per heavy atom. The zero-order chi connectivity index (χ0) is 20.3. The minimum absolute atomic E-state index is 0.0669. The molecule has 2 aromatic heterocycles. The van der Waals surface area contributed by atoms with Crippen LogP contribution in [0.1, 0.15) is 22.6 Å². The highest BCUT2D eigenvalue weighted by Crippen LogP contribution is 2.43. The molecule has 0 fully saturated rings. The maximum Gasteiger partial charge on any atom is 0.232 e. The van der Waals surface area contributed by atoms with E-state index < -0.39 is 5.92 Å². The normalized spacial score (nSPS) is 12.4. The third-order valence-electron chi connectivity index (χ3n) is 5.24. The van der Waals surface area contributed by atoms with E-state index in [2.05, 4.69) is 15.3 Å². The monoisotopic (exact) mass is 393 g/mol. The molecular formula is C25H19N3O2. The number of carbonyl (C=O) groups is 1. The summed E-state index contributed by atoms with van der Waals surface area (Å²) in [5, 5.41) is 3.11. The first-order valence-corrected chi connectivity index (χ1v) is 9.79. The van der Waals surface area contributed by atoms with Gasteiger partial charge in [0.2, 0.25) is 5.91 Å². The second-order valence-corrected chi connectivity index (χ2v) is 7.08.